The van der Waals surface area contributed by atoms with Crippen LogP contribution in [0.1, 0.15) is 19.4 Å². The molecule has 1 N–H and O–H groups in total. The van der Waals surface area contributed by atoms with Crippen LogP contribution in [0.5, 0.6) is 0 Å². The maximum absolute atomic E-state index is 12.9. The van der Waals surface area contributed by atoms with Crippen LogP contribution in [0.15, 0.2) is 18.2 Å². The van der Waals surface area contributed by atoms with Crippen molar-refractivity contribution in [1.29, 1.82) is 5.26 Å². The molecule has 1 aromatic rings. The van der Waals surface area contributed by atoms with E-state index in [1.165, 1.54) is 14.7 Å². The van der Waals surface area contributed by atoms with Gasteiger partial charge in [-0.25, -0.2) is 0 Å². The van der Waals surface area contributed by atoms with Gasteiger partial charge in [-0.05, 0) is 32.0 Å². The Hall–Kier alpha value is -1.74. The zero-order chi connectivity index (χ0) is 21.9. The molecule has 2 unspecified atom stereocenters. The fourth-order valence-electron chi connectivity index (χ4n) is 3.69. The highest BCUT2D eigenvalue weighted by molar-refractivity contribution is 7.86. The molecule has 2 heterocycles. The molecule has 2 saturated heterocycles. The molecule has 1 aromatic carbocycles. The first-order valence-corrected chi connectivity index (χ1v) is 11.6. The highest BCUT2D eigenvalue weighted by Gasteiger charge is 2.36. The zero-order valence-corrected chi connectivity index (χ0v) is 18.6. The van der Waals surface area contributed by atoms with Gasteiger partial charge in [0, 0.05) is 45.0 Å². The van der Waals surface area contributed by atoms with Gasteiger partial charge >= 0.3 is 0 Å². The maximum atomic E-state index is 12.9. The SMILES string of the molecule is CC1CN(S(=O)(=O)N2CCN(CC(=O)Nc3ccc(C#N)c(Cl)c3)CC2)CC(C)O1. The molecule has 0 aliphatic carbocycles. The number of amides is 1. The first-order valence-electron chi connectivity index (χ1n) is 9.81. The number of anilines is 1. The van der Waals surface area contributed by atoms with E-state index >= 15 is 0 Å². The molecule has 0 aromatic heterocycles. The second-order valence-electron chi connectivity index (χ2n) is 7.61. The third-order valence-electron chi connectivity index (χ3n) is 5.11. The molecule has 9 nitrogen and oxygen atoms in total. The van der Waals surface area contributed by atoms with Gasteiger partial charge < -0.3 is 10.1 Å². The minimum absolute atomic E-state index is 0.135. The van der Waals surface area contributed by atoms with Gasteiger partial charge in [-0.2, -0.15) is 22.3 Å². The number of piperazine rings is 1. The lowest BCUT2D eigenvalue weighted by atomic mass is 10.2. The van der Waals surface area contributed by atoms with Crippen LogP contribution in [0.25, 0.3) is 0 Å². The summed E-state index contributed by atoms with van der Waals surface area (Å²) in [5, 5.41) is 11.9. The number of nitrogens with one attached hydrogen (secondary N) is 1. The molecule has 2 aliphatic heterocycles. The second kappa shape index (κ2) is 9.60. The summed E-state index contributed by atoms with van der Waals surface area (Å²) < 4.78 is 34.5. The molecule has 164 valence electrons. The number of rotatable bonds is 5. The summed E-state index contributed by atoms with van der Waals surface area (Å²) >= 11 is 5.99. The highest BCUT2D eigenvalue weighted by atomic mass is 35.5. The molecule has 0 spiro atoms. The summed E-state index contributed by atoms with van der Waals surface area (Å²) in [6.07, 6.45) is -0.270. The van der Waals surface area contributed by atoms with Gasteiger partial charge in [0.2, 0.25) is 5.91 Å². The molecule has 2 fully saturated rings. The van der Waals surface area contributed by atoms with Gasteiger partial charge in [0.25, 0.3) is 10.2 Å². The van der Waals surface area contributed by atoms with E-state index in [1.54, 1.807) is 12.1 Å². The van der Waals surface area contributed by atoms with E-state index in [2.05, 4.69) is 5.32 Å². The van der Waals surface area contributed by atoms with Crippen molar-refractivity contribution in [2.24, 2.45) is 0 Å². The lowest BCUT2D eigenvalue weighted by Gasteiger charge is -2.40. The van der Waals surface area contributed by atoms with Gasteiger partial charge in [-0.15, -0.1) is 0 Å². The zero-order valence-electron chi connectivity index (χ0n) is 17.0. The van der Waals surface area contributed by atoms with Crippen LogP contribution in [0.4, 0.5) is 5.69 Å². The number of morpholine rings is 1. The predicted octanol–water partition coefficient (Wildman–Crippen LogP) is 1.12. The van der Waals surface area contributed by atoms with Crippen molar-refractivity contribution in [3.05, 3.63) is 28.8 Å². The van der Waals surface area contributed by atoms with Gasteiger partial charge in [0.05, 0.1) is 29.3 Å². The van der Waals surface area contributed by atoms with Crippen molar-refractivity contribution in [2.45, 2.75) is 26.1 Å². The number of benzene rings is 1. The van der Waals surface area contributed by atoms with E-state index in [-0.39, 0.29) is 29.7 Å². The Kier molecular flexibility index (Phi) is 7.34. The molecule has 0 radical (unpaired) electrons. The minimum atomic E-state index is -3.54. The Morgan fingerprint density at radius 3 is 2.40 bits per heavy atom. The molecule has 2 aliphatic rings. The van der Waals surface area contributed by atoms with Crippen LogP contribution in [0.3, 0.4) is 0 Å². The number of hydrogen-bond donors (Lipinski definition) is 1. The monoisotopic (exact) mass is 455 g/mol. The van der Waals surface area contributed by atoms with Crippen LogP contribution in [0.2, 0.25) is 5.02 Å². The first kappa shape index (κ1) is 22.9. The highest BCUT2D eigenvalue weighted by Crippen LogP contribution is 2.21. The number of nitriles is 1. The number of ether oxygens (including phenoxy) is 1. The number of nitrogens with zero attached hydrogens (tertiary/aromatic N) is 4. The van der Waals surface area contributed by atoms with Crippen LogP contribution >= 0.6 is 11.6 Å². The first-order chi connectivity index (χ1) is 14.2. The molecule has 2 atom stereocenters. The van der Waals surface area contributed by atoms with Gasteiger partial charge in [-0.1, -0.05) is 11.6 Å². The van der Waals surface area contributed by atoms with E-state index in [0.717, 1.165) is 0 Å². The number of carbonyl (C=O) groups is 1. The average Bonchev–Trinajstić information content (AvgIpc) is 2.68. The summed E-state index contributed by atoms with van der Waals surface area (Å²) in [6.45, 7) is 6.19. The summed E-state index contributed by atoms with van der Waals surface area (Å²) in [4.78, 5) is 14.2. The van der Waals surface area contributed by atoms with Crippen LogP contribution in [0, 0.1) is 11.3 Å². The number of hydrogen-bond acceptors (Lipinski definition) is 6. The lowest BCUT2D eigenvalue weighted by Crippen LogP contribution is -2.57. The third kappa shape index (κ3) is 5.49. The van der Waals surface area contributed by atoms with Crippen LogP contribution in [-0.2, 0) is 19.7 Å². The Morgan fingerprint density at radius 2 is 1.83 bits per heavy atom. The Balaban J connectivity index is 1.51. The van der Waals surface area contributed by atoms with Gasteiger partial charge in [-0.3, -0.25) is 9.69 Å². The summed E-state index contributed by atoms with van der Waals surface area (Å²) in [5.41, 5.74) is 0.858. The van der Waals surface area contributed by atoms with E-state index in [1.807, 2.05) is 24.8 Å². The van der Waals surface area contributed by atoms with E-state index in [4.69, 9.17) is 21.6 Å². The van der Waals surface area contributed by atoms with Crippen molar-refractivity contribution >= 4 is 33.4 Å². The van der Waals surface area contributed by atoms with Gasteiger partial charge in [0.15, 0.2) is 0 Å². The number of halogens is 1. The lowest BCUT2D eigenvalue weighted by molar-refractivity contribution is -0.117. The summed E-state index contributed by atoms with van der Waals surface area (Å²) in [5.74, 6) is -0.220. The van der Waals surface area contributed by atoms with Crippen molar-refractivity contribution < 1.29 is 17.9 Å². The normalized spacial score (nSPS) is 24.3. The second-order valence-corrected chi connectivity index (χ2v) is 9.95. The molecule has 11 heteroatoms. The molecular weight excluding hydrogens is 430 g/mol. The van der Waals surface area contributed by atoms with Crippen molar-refractivity contribution in [3.63, 3.8) is 0 Å². The third-order valence-corrected chi connectivity index (χ3v) is 7.39. The van der Waals surface area contributed by atoms with Crippen LogP contribution in [-0.4, -0.2) is 85.9 Å². The molecule has 1 amide bonds. The Morgan fingerprint density at radius 1 is 1.20 bits per heavy atom. The van der Waals surface area contributed by atoms with Crippen molar-refractivity contribution in [2.75, 3.05) is 51.1 Å². The average molecular weight is 456 g/mol. The van der Waals surface area contributed by atoms with E-state index in [0.29, 0.717) is 50.5 Å². The standard InChI is InChI=1S/C19H26ClN5O4S/c1-14-11-25(12-15(2)29-14)30(27,28)24-7-5-23(6-8-24)13-19(26)22-17-4-3-16(10-21)18(20)9-17/h3-4,9,14-15H,5-8,11-13H2,1-2H3,(H,22,26). The van der Waals surface area contributed by atoms with Crippen LogP contribution < -0.4 is 5.32 Å². The summed E-state index contributed by atoms with van der Waals surface area (Å²) in [7, 11) is -3.54. The number of carbonyl (C=O) groups excluding carboxylic acids is 1. The van der Waals surface area contributed by atoms with E-state index < -0.39 is 10.2 Å². The topological polar surface area (TPSA) is 106 Å². The Labute approximate surface area is 182 Å². The fourth-order valence-corrected chi connectivity index (χ4v) is 5.66. The maximum Gasteiger partial charge on any atom is 0.282 e. The molecule has 30 heavy (non-hydrogen) atoms. The van der Waals surface area contributed by atoms with Gasteiger partial charge in [0.1, 0.15) is 6.07 Å². The molecule has 3 rings (SSSR count). The van der Waals surface area contributed by atoms with E-state index in [9.17, 15) is 13.2 Å². The smallest absolute Gasteiger partial charge is 0.282 e. The summed E-state index contributed by atoms with van der Waals surface area (Å²) in [6, 6.07) is 6.68. The quantitative estimate of drug-likeness (QED) is 0.713. The molecule has 0 saturated carbocycles. The largest absolute Gasteiger partial charge is 0.373 e. The molecule has 0 bridgehead atoms. The Bertz CT molecular complexity index is 917. The minimum Gasteiger partial charge on any atom is -0.373 e. The van der Waals surface area contributed by atoms with Crippen molar-refractivity contribution in [1.82, 2.24) is 13.5 Å². The van der Waals surface area contributed by atoms with Crippen molar-refractivity contribution in [3.8, 4) is 6.07 Å². The fraction of sp³-hybridized carbons (Fsp3) is 0.579. The predicted molar refractivity (Wildman–Crippen MR) is 113 cm³/mol. The molecular formula is C19H26ClN5O4S.